The van der Waals surface area contributed by atoms with Crippen molar-refractivity contribution in [3.05, 3.63) is 52.9 Å². The number of hydrogen-bond acceptors (Lipinski definition) is 2. The van der Waals surface area contributed by atoms with Crippen LogP contribution in [0.25, 0.3) is 0 Å². The first-order valence-electron chi connectivity index (χ1n) is 6.56. The Bertz CT molecular complexity index is 522. The van der Waals surface area contributed by atoms with Crippen molar-refractivity contribution < 1.29 is 0 Å². The summed E-state index contributed by atoms with van der Waals surface area (Å²) >= 11 is 0. The molecule has 1 aromatic rings. The Balaban J connectivity index is 2.47. The maximum Gasteiger partial charge on any atom is 0.0733 e. The summed E-state index contributed by atoms with van der Waals surface area (Å²) in [5.74, 6) is 0. The SMILES string of the molecule is CCc1ncccc1/C(=N/C)C1=CCCC=C1C. The quantitative estimate of drug-likeness (QED) is 0.739. The van der Waals surface area contributed by atoms with E-state index in [1.165, 1.54) is 16.7 Å². The largest absolute Gasteiger partial charge is 0.287 e. The first-order valence-corrected chi connectivity index (χ1v) is 6.56. The first-order chi connectivity index (χ1) is 8.77. The molecule has 1 aliphatic carbocycles. The molecule has 18 heavy (non-hydrogen) atoms. The second kappa shape index (κ2) is 5.76. The Morgan fingerprint density at radius 2 is 2.11 bits per heavy atom. The highest BCUT2D eigenvalue weighted by Crippen LogP contribution is 2.24. The van der Waals surface area contributed by atoms with Crippen molar-refractivity contribution in [3.63, 3.8) is 0 Å². The third-order valence-electron chi connectivity index (χ3n) is 3.35. The molecule has 0 bridgehead atoms. The number of allylic oxidation sites excluding steroid dienone is 4. The molecule has 1 aliphatic rings. The summed E-state index contributed by atoms with van der Waals surface area (Å²) in [4.78, 5) is 8.97. The Kier molecular flexibility index (Phi) is 4.08. The molecule has 94 valence electrons. The Morgan fingerprint density at radius 1 is 1.33 bits per heavy atom. The van der Waals surface area contributed by atoms with Crippen molar-refractivity contribution in [2.75, 3.05) is 7.05 Å². The van der Waals surface area contributed by atoms with E-state index in [0.717, 1.165) is 30.7 Å². The number of aromatic nitrogens is 1. The fourth-order valence-electron chi connectivity index (χ4n) is 2.40. The Labute approximate surface area is 109 Å². The molecule has 0 fully saturated rings. The minimum atomic E-state index is 0.936. The molecule has 0 unspecified atom stereocenters. The fraction of sp³-hybridized carbons (Fsp3) is 0.375. The molecule has 0 saturated carbocycles. The summed E-state index contributed by atoms with van der Waals surface area (Å²) in [6.45, 7) is 4.30. The highest BCUT2D eigenvalue weighted by molar-refractivity contribution is 6.15. The van der Waals surface area contributed by atoms with Gasteiger partial charge in [0.25, 0.3) is 0 Å². The molecule has 0 saturated heterocycles. The molecular weight excluding hydrogens is 220 g/mol. The van der Waals surface area contributed by atoms with Crippen LogP contribution in [-0.2, 0) is 6.42 Å². The maximum absolute atomic E-state index is 4.51. The van der Waals surface area contributed by atoms with Crippen LogP contribution >= 0.6 is 0 Å². The summed E-state index contributed by atoms with van der Waals surface area (Å²) in [5, 5.41) is 0. The number of nitrogens with zero attached hydrogens (tertiary/aromatic N) is 2. The third-order valence-corrected chi connectivity index (χ3v) is 3.35. The number of aryl methyl sites for hydroxylation is 1. The van der Waals surface area contributed by atoms with Crippen LogP contribution in [0.5, 0.6) is 0 Å². The van der Waals surface area contributed by atoms with Crippen molar-refractivity contribution in [2.45, 2.75) is 33.1 Å². The Hall–Kier alpha value is -1.70. The molecule has 0 atom stereocenters. The molecule has 0 aromatic carbocycles. The second-order valence-electron chi connectivity index (χ2n) is 4.51. The van der Waals surface area contributed by atoms with Gasteiger partial charge in [0.05, 0.1) is 5.71 Å². The second-order valence-corrected chi connectivity index (χ2v) is 4.51. The van der Waals surface area contributed by atoms with Gasteiger partial charge in [-0.2, -0.15) is 0 Å². The van der Waals surface area contributed by atoms with Crippen molar-refractivity contribution in [2.24, 2.45) is 4.99 Å². The van der Waals surface area contributed by atoms with Gasteiger partial charge in [-0.3, -0.25) is 9.98 Å². The van der Waals surface area contributed by atoms with Crippen LogP contribution in [0.4, 0.5) is 0 Å². The van der Waals surface area contributed by atoms with E-state index in [9.17, 15) is 0 Å². The molecule has 1 heterocycles. The highest BCUT2D eigenvalue weighted by atomic mass is 14.7. The number of hydrogen-bond donors (Lipinski definition) is 0. The summed E-state index contributed by atoms with van der Waals surface area (Å²) in [6, 6.07) is 4.11. The van der Waals surface area contributed by atoms with E-state index in [1.807, 2.05) is 19.3 Å². The predicted octanol–water partition coefficient (Wildman–Crippen LogP) is 3.73. The van der Waals surface area contributed by atoms with Crippen LogP contribution in [0.15, 0.2) is 46.6 Å². The zero-order valence-electron chi connectivity index (χ0n) is 11.4. The highest BCUT2D eigenvalue weighted by Gasteiger charge is 2.15. The lowest BCUT2D eigenvalue weighted by atomic mass is 9.90. The van der Waals surface area contributed by atoms with Gasteiger partial charge < -0.3 is 0 Å². The molecule has 0 spiro atoms. The average molecular weight is 240 g/mol. The molecular formula is C16H20N2. The van der Waals surface area contributed by atoms with Gasteiger partial charge in [0.15, 0.2) is 0 Å². The topological polar surface area (TPSA) is 25.2 Å². The van der Waals surface area contributed by atoms with Crippen LogP contribution in [-0.4, -0.2) is 17.7 Å². The molecule has 2 nitrogen and oxygen atoms in total. The molecule has 2 heteroatoms. The first kappa shape index (κ1) is 12.7. The lowest BCUT2D eigenvalue weighted by molar-refractivity contribution is 1.00. The number of rotatable bonds is 3. The van der Waals surface area contributed by atoms with E-state index in [0.29, 0.717) is 0 Å². The van der Waals surface area contributed by atoms with E-state index in [4.69, 9.17) is 0 Å². The predicted molar refractivity (Wildman–Crippen MR) is 77.2 cm³/mol. The molecule has 0 aliphatic heterocycles. The average Bonchev–Trinajstić information content (AvgIpc) is 2.42. The summed E-state index contributed by atoms with van der Waals surface area (Å²) < 4.78 is 0. The van der Waals surface area contributed by atoms with E-state index in [-0.39, 0.29) is 0 Å². The van der Waals surface area contributed by atoms with Crippen LogP contribution in [0.1, 0.15) is 37.9 Å². The van der Waals surface area contributed by atoms with Gasteiger partial charge >= 0.3 is 0 Å². The van der Waals surface area contributed by atoms with Crippen LogP contribution < -0.4 is 0 Å². The summed E-state index contributed by atoms with van der Waals surface area (Å²) in [7, 11) is 1.87. The zero-order chi connectivity index (χ0) is 13.0. The fourth-order valence-corrected chi connectivity index (χ4v) is 2.40. The van der Waals surface area contributed by atoms with Gasteiger partial charge in [-0.05, 0) is 49.5 Å². The Morgan fingerprint density at radius 3 is 2.78 bits per heavy atom. The van der Waals surface area contributed by atoms with Gasteiger partial charge in [0, 0.05) is 24.5 Å². The smallest absolute Gasteiger partial charge is 0.0733 e. The third kappa shape index (κ3) is 2.42. The van der Waals surface area contributed by atoms with Gasteiger partial charge in [-0.1, -0.05) is 19.1 Å². The monoisotopic (exact) mass is 240 g/mol. The number of aliphatic imine (C=N–C) groups is 1. The van der Waals surface area contributed by atoms with Gasteiger partial charge in [-0.15, -0.1) is 0 Å². The summed E-state index contributed by atoms with van der Waals surface area (Å²) in [6.07, 6.45) is 9.62. The van der Waals surface area contributed by atoms with E-state index >= 15 is 0 Å². The maximum atomic E-state index is 4.51. The standard InChI is InChI=1S/C16H20N2/c1-4-15-14(10-7-11-18-15)16(17-3)13-9-6-5-8-12(13)2/h7-11H,4-6H2,1-3H3/b17-16+. The van der Waals surface area contributed by atoms with E-state index in [2.05, 4.69) is 42.0 Å². The minimum absolute atomic E-state index is 0.936. The normalized spacial score (nSPS) is 16.3. The van der Waals surface area contributed by atoms with Crippen LogP contribution in [0.3, 0.4) is 0 Å². The molecule has 0 amide bonds. The van der Waals surface area contributed by atoms with E-state index < -0.39 is 0 Å². The van der Waals surface area contributed by atoms with Crippen LogP contribution in [0.2, 0.25) is 0 Å². The lowest BCUT2D eigenvalue weighted by Crippen LogP contribution is -2.12. The zero-order valence-corrected chi connectivity index (χ0v) is 11.4. The van der Waals surface area contributed by atoms with Crippen molar-refractivity contribution >= 4 is 5.71 Å². The van der Waals surface area contributed by atoms with Gasteiger partial charge in [0.2, 0.25) is 0 Å². The van der Waals surface area contributed by atoms with Crippen LogP contribution in [0, 0.1) is 0 Å². The van der Waals surface area contributed by atoms with Crippen molar-refractivity contribution in [1.82, 2.24) is 4.98 Å². The van der Waals surface area contributed by atoms with Gasteiger partial charge in [-0.25, -0.2) is 0 Å². The minimum Gasteiger partial charge on any atom is -0.287 e. The van der Waals surface area contributed by atoms with Gasteiger partial charge in [0.1, 0.15) is 0 Å². The van der Waals surface area contributed by atoms with Crippen molar-refractivity contribution in [3.8, 4) is 0 Å². The lowest BCUT2D eigenvalue weighted by Gasteiger charge is -2.17. The molecule has 1 aromatic heterocycles. The molecule has 0 N–H and O–H groups in total. The number of pyridine rings is 1. The molecule has 2 rings (SSSR count). The summed E-state index contributed by atoms with van der Waals surface area (Å²) in [5.41, 5.74) is 5.97. The molecule has 0 radical (unpaired) electrons. The van der Waals surface area contributed by atoms with Crippen molar-refractivity contribution in [1.29, 1.82) is 0 Å². The van der Waals surface area contributed by atoms with E-state index in [1.54, 1.807) is 0 Å².